The van der Waals surface area contributed by atoms with E-state index in [9.17, 15) is 4.79 Å². The lowest BCUT2D eigenvalue weighted by atomic mass is 9.99. The summed E-state index contributed by atoms with van der Waals surface area (Å²) in [6.45, 7) is 0. The summed E-state index contributed by atoms with van der Waals surface area (Å²) < 4.78 is 0.901. The Morgan fingerprint density at radius 3 is 2.67 bits per heavy atom. The standard InChI is InChI=1S/C10H13BrN2O2/c11-7-3-1-2-6(4-7)10(13)8(12)5-9(14)15/h1-4,8,10H,5,12-13H2,(H,14,15). The lowest BCUT2D eigenvalue weighted by Crippen LogP contribution is -2.36. The zero-order chi connectivity index (χ0) is 11.4. The highest BCUT2D eigenvalue weighted by Crippen LogP contribution is 2.19. The van der Waals surface area contributed by atoms with Crippen molar-refractivity contribution in [2.45, 2.75) is 18.5 Å². The van der Waals surface area contributed by atoms with Gasteiger partial charge in [-0.05, 0) is 17.7 Å². The highest BCUT2D eigenvalue weighted by atomic mass is 79.9. The Morgan fingerprint density at radius 1 is 1.47 bits per heavy atom. The molecule has 0 aromatic heterocycles. The van der Waals surface area contributed by atoms with Gasteiger partial charge in [-0.2, -0.15) is 0 Å². The molecular weight excluding hydrogens is 260 g/mol. The van der Waals surface area contributed by atoms with E-state index in [2.05, 4.69) is 15.9 Å². The van der Waals surface area contributed by atoms with Crippen molar-refractivity contribution in [2.24, 2.45) is 11.5 Å². The molecule has 1 aromatic carbocycles. The van der Waals surface area contributed by atoms with Gasteiger partial charge in [0, 0.05) is 16.6 Å². The molecule has 0 saturated heterocycles. The molecule has 0 radical (unpaired) electrons. The van der Waals surface area contributed by atoms with E-state index in [1.165, 1.54) is 0 Å². The van der Waals surface area contributed by atoms with Gasteiger partial charge in [0.05, 0.1) is 6.42 Å². The summed E-state index contributed by atoms with van der Waals surface area (Å²) in [7, 11) is 0. The van der Waals surface area contributed by atoms with Gasteiger partial charge in [-0.3, -0.25) is 4.79 Å². The summed E-state index contributed by atoms with van der Waals surface area (Å²) in [5.41, 5.74) is 12.4. The van der Waals surface area contributed by atoms with Crippen molar-refractivity contribution in [1.82, 2.24) is 0 Å². The SMILES string of the molecule is NC(CC(=O)O)C(N)c1cccc(Br)c1. The van der Waals surface area contributed by atoms with Crippen molar-refractivity contribution in [3.63, 3.8) is 0 Å². The molecule has 0 aliphatic rings. The summed E-state index contributed by atoms with van der Waals surface area (Å²) in [4.78, 5) is 10.5. The van der Waals surface area contributed by atoms with Crippen LogP contribution in [0.1, 0.15) is 18.0 Å². The van der Waals surface area contributed by atoms with Crippen molar-refractivity contribution in [1.29, 1.82) is 0 Å². The van der Waals surface area contributed by atoms with E-state index in [1.54, 1.807) is 0 Å². The third kappa shape index (κ3) is 3.62. The van der Waals surface area contributed by atoms with Gasteiger partial charge in [-0.15, -0.1) is 0 Å². The maximum Gasteiger partial charge on any atom is 0.304 e. The molecular formula is C10H13BrN2O2. The zero-order valence-electron chi connectivity index (χ0n) is 8.06. The Labute approximate surface area is 96.4 Å². The second-order valence-corrected chi connectivity index (χ2v) is 4.26. The maximum absolute atomic E-state index is 10.5. The second-order valence-electron chi connectivity index (χ2n) is 3.34. The van der Waals surface area contributed by atoms with Crippen LogP contribution in [0.2, 0.25) is 0 Å². The number of aliphatic carboxylic acids is 1. The Hall–Kier alpha value is -0.910. The molecule has 0 spiro atoms. The van der Waals surface area contributed by atoms with Crippen molar-refractivity contribution < 1.29 is 9.90 Å². The molecule has 5 heteroatoms. The number of hydrogen-bond donors (Lipinski definition) is 3. The highest BCUT2D eigenvalue weighted by molar-refractivity contribution is 9.10. The highest BCUT2D eigenvalue weighted by Gasteiger charge is 2.18. The van der Waals surface area contributed by atoms with Gasteiger partial charge in [-0.1, -0.05) is 28.1 Å². The Balaban J connectivity index is 2.75. The van der Waals surface area contributed by atoms with Crippen LogP contribution in [0.3, 0.4) is 0 Å². The molecule has 82 valence electrons. The summed E-state index contributed by atoms with van der Waals surface area (Å²) >= 11 is 3.32. The molecule has 0 heterocycles. The van der Waals surface area contributed by atoms with Gasteiger partial charge < -0.3 is 16.6 Å². The van der Waals surface area contributed by atoms with Gasteiger partial charge in [0.15, 0.2) is 0 Å². The van der Waals surface area contributed by atoms with E-state index in [4.69, 9.17) is 16.6 Å². The number of halogens is 1. The van der Waals surface area contributed by atoms with Crippen molar-refractivity contribution in [2.75, 3.05) is 0 Å². The fourth-order valence-corrected chi connectivity index (χ4v) is 1.71. The van der Waals surface area contributed by atoms with E-state index in [0.29, 0.717) is 0 Å². The van der Waals surface area contributed by atoms with Gasteiger partial charge >= 0.3 is 5.97 Å². The van der Waals surface area contributed by atoms with E-state index in [0.717, 1.165) is 10.0 Å². The minimum absolute atomic E-state index is 0.131. The fraction of sp³-hybridized carbons (Fsp3) is 0.300. The molecule has 4 nitrogen and oxygen atoms in total. The van der Waals surface area contributed by atoms with Crippen LogP contribution in [0.15, 0.2) is 28.7 Å². The first-order valence-electron chi connectivity index (χ1n) is 4.49. The number of nitrogens with two attached hydrogens (primary N) is 2. The van der Waals surface area contributed by atoms with Gasteiger partial charge in [-0.25, -0.2) is 0 Å². The van der Waals surface area contributed by atoms with Gasteiger partial charge in [0.25, 0.3) is 0 Å². The second kappa shape index (κ2) is 5.25. The van der Waals surface area contributed by atoms with Crippen LogP contribution in [-0.4, -0.2) is 17.1 Å². The molecule has 1 rings (SSSR count). The zero-order valence-corrected chi connectivity index (χ0v) is 9.65. The van der Waals surface area contributed by atoms with Crippen molar-refractivity contribution in [3.8, 4) is 0 Å². The van der Waals surface area contributed by atoms with Crippen LogP contribution >= 0.6 is 15.9 Å². The fourth-order valence-electron chi connectivity index (χ4n) is 1.29. The van der Waals surface area contributed by atoms with Crippen LogP contribution in [0.5, 0.6) is 0 Å². The number of carboxylic acids is 1. The predicted molar refractivity (Wildman–Crippen MR) is 61.3 cm³/mol. The summed E-state index contributed by atoms with van der Waals surface area (Å²) in [5, 5.41) is 8.59. The molecule has 2 unspecified atom stereocenters. The van der Waals surface area contributed by atoms with Gasteiger partial charge in [0.1, 0.15) is 0 Å². The molecule has 0 aliphatic carbocycles. The van der Waals surface area contributed by atoms with Crippen LogP contribution < -0.4 is 11.5 Å². The molecule has 0 bridgehead atoms. The number of hydrogen-bond acceptors (Lipinski definition) is 3. The molecule has 2 atom stereocenters. The first-order valence-corrected chi connectivity index (χ1v) is 5.28. The summed E-state index contributed by atoms with van der Waals surface area (Å²) in [6.07, 6.45) is -0.131. The average molecular weight is 273 g/mol. The van der Waals surface area contributed by atoms with E-state index < -0.39 is 18.1 Å². The molecule has 15 heavy (non-hydrogen) atoms. The Bertz CT molecular complexity index is 357. The lowest BCUT2D eigenvalue weighted by molar-refractivity contribution is -0.137. The number of carbonyl (C=O) groups is 1. The van der Waals surface area contributed by atoms with Crippen LogP contribution in [0, 0.1) is 0 Å². The normalized spacial score (nSPS) is 14.6. The number of benzene rings is 1. The predicted octanol–water partition coefficient (Wildman–Crippen LogP) is 1.25. The maximum atomic E-state index is 10.5. The first kappa shape index (κ1) is 12.2. The minimum atomic E-state index is -0.937. The van der Waals surface area contributed by atoms with Gasteiger partial charge in [0.2, 0.25) is 0 Å². The van der Waals surface area contributed by atoms with Crippen LogP contribution in [-0.2, 0) is 4.79 Å². The first-order chi connectivity index (χ1) is 7.00. The third-order valence-corrected chi connectivity index (χ3v) is 2.60. The molecule has 0 amide bonds. The molecule has 1 aromatic rings. The smallest absolute Gasteiger partial charge is 0.304 e. The average Bonchev–Trinajstić information content (AvgIpc) is 2.15. The quantitative estimate of drug-likeness (QED) is 0.770. The third-order valence-electron chi connectivity index (χ3n) is 2.11. The van der Waals surface area contributed by atoms with Crippen LogP contribution in [0.25, 0.3) is 0 Å². The monoisotopic (exact) mass is 272 g/mol. The molecule has 5 N–H and O–H groups in total. The lowest BCUT2D eigenvalue weighted by Gasteiger charge is -2.18. The van der Waals surface area contributed by atoms with E-state index in [-0.39, 0.29) is 6.42 Å². The molecule has 0 fully saturated rings. The minimum Gasteiger partial charge on any atom is -0.481 e. The summed E-state index contributed by atoms with van der Waals surface area (Å²) in [5.74, 6) is -0.937. The topological polar surface area (TPSA) is 89.3 Å². The van der Waals surface area contributed by atoms with E-state index >= 15 is 0 Å². The molecule has 0 saturated carbocycles. The summed E-state index contributed by atoms with van der Waals surface area (Å²) in [6, 6.07) is 6.35. The molecule has 0 aliphatic heterocycles. The Kier molecular flexibility index (Phi) is 4.26. The Morgan fingerprint density at radius 2 is 2.13 bits per heavy atom. The number of rotatable bonds is 4. The number of carboxylic acid groups (broad SMARTS) is 1. The van der Waals surface area contributed by atoms with Crippen LogP contribution in [0.4, 0.5) is 0 Å². The largest absolute Gasteiger partial charge is 0.481 e. The van der Waals surface area contributed by atoms with Crippen molar-refractivity contribution >= 4 is 21.9 Å². The van der Waals surface area contributed by atoms with E-state index in [1.807, 2.05) is 24.3 Å². The van der Waals surface area contributed by atoms with Crippen molar-refractivity contribution in [3.05, 3.63) is 34.3 Å².